The monoisotopic (exact) mass is 319 g/mol. The first kappa shape index (κ1) is 15.8. The zero-order valence-corrected chi connectivity index (χ0v) is 14.8. The highest BCUT2D eigenvalue weighted by molar-refractivity contribution is 7.74. The van der Waals surface area contributed by atoms with Gasteiger partial charge in [0.2, 0.25) is 0 Å². The molecule has 0 aliphatic rings. The van der Waals surface area contributed by atoms with Gasteiger partial charge in [-0.1, -0.05) is 78.4 Å². The fourth-order valence-electron chi connectivity index (χ4n) is 2.90. The molecule has 0 amide bonds. The molecule has 0 radical (unpaired) electrons. The Hall–Kier alpha value is -2.11. The van der Waals surface area contributed by atoms with E-state index in [9.17, 15) is 0 Å². The second kappa shape index (κ2) is 6.98. The minimum Gasteiger partial charge on any atom is -0.357 e. The molecule has 1 N–H and O–H groups in total. The van der Waals surface area contributed by atoms with Gasteiger partial charge < -0.3 is 5.09 Å². The third-order valence-electron chi connectivity index (χ3n) is 3.93. The summed E-state index contributed by atoms with van der Waals surface area (Å²) in [6, 6.07) is 26.0. The van der Waals surface area contributed by atoms with Crippen LogP contribution in [-0.2, 0) is 0 Å². The molecule has 0 saturated heterocycles. The van der Waals surface area contributed by atoms with Crippen LogP contribution in [0.5, 0.6) is 0 Å². The van der Waals surface area contributed by atoms with E-state index in [0.717, 1.165) is 0 Å². The number of anilines is 1. The molecule has 0 fully saturated rings. The Morgan fingerprint density at radius 1 is 0.652 bits per heavy atom. The second-order valence-corrected chi connectivity index (χ2v) is 7.82. The lowest BCUT2D eigenvalue weighted by Crippen LogP contribution is -2.17. The average molecular weight is 319 g/mol. The molecule has 0 unspecified atom stereocenters. The molecule has 23 heavy (non-hydrogen) atoms. The van der Waals surface area contributed by atoms with Gasteiger partial charge in [-0.05, 0) is 31.9 Å². The van der Waals surface area contributed by atoms with Crippen molar-refractivity contribution < 1.29 is 0 Å². The van der Waals surface area contributed by atoms with E-state index < -0.39 is 8.07 Å². The zero-order valence-electron chi connectivity index (χ0n) is 13.9. The van der Waals surface area contributed by atoms with Crippen LogP contribution in [0.3, 0.4) is 0 Å². The fourth-order valence-corrected chi connectivity index (χ4v) is 4.97. The molecule has 0 bridgehead atoms. The van der Waals surface area contributed by atoms with Crippen LogP contribution in [0.1, 0.15) is 16.7 Å². The van der Waals surface area contributed by atoms with Crippen LogP contribution in [0.2, 0.25) is 0 Å². The molecular formula is C21H22NP. The molecule has 3 aromatic rings. The maximum Gasteiger partial charge on any atom is 0.0522 e. The number of rotatable bonds is 4. The second-order valence-electron chi connectivity index (χ2n) is 5.89. The van der Waals surface area contributed by atoms with Crippen molar-refractivity contribution in [3.05, 3.63) is 89.5 Å². The largest absolute Gasteiger partial charge is 0.357 e. The maximum atomic E-state index is 3.84. The van der Waals surface area contributed by atoms with Gasteiger partial charge in [-0.3, -0.25) is 0 Å². The van der Waals surface area contributed by atoms with E-state index in [2.05, 4.69) is 98.7 Å². The summed E-state index contributed by atoms with van der Waals surface area (Å²) in [6.07, 6.45) is 0. The van der Waals surface area contributed by atoms with E-state index in [1.165, 1.54) is 33.0 Å². The van der Waals surface area contributed by atoms with Crippen molar-refractivity contribution in [3.63, 3.8) is 0 Å². The van der Waals surface area contributed by atoms with Gasteiger partial charge in [0.25, 0.3) is 0 Å². The Morgan fingerprint density at radius 2 is 1.09 bits per heavy atom. The number of hydrogen-bond acceptors (Lipinski definition) is 1. The van der Waals surface area contributed by atoms with Gasteiger partial charge in [-0.2, -0.15) is 0 Å². The summed E-state index contributed by atoms with van der Waals surface area (Å²) in [5.74, 6) is 0. The highest BCUT2D eigenvalue weighted by Crippen LogP contribution is 2.37. The summed E-state index contributed by atoms with van der Waals surface area (Å²) < 4.78 is 0. The molecular weight excluding hydrogens is 297 g/mol. The Bertz CT molecular complexity index is 719. The third-order valence-corrected chi connectivity index (χ3v) is 6.01. The van der Waals surface area contributed by atoms with Crippen molar-refractivity contribution in [2.45, 2.75) is 20.8 Å². The zero-order chi connectivity index (χ0) is 16.2. The Balaban J connectivity index is 2.04. The van der Waals surface area contributed by atoms with E-state index in [4.69, 9.17) is 0 Å². The number of aryl methyl sites for hydroxylation is 3. The van der Waals surface area contributed by atoms with Crippen molar-refractivity contribution in [1.29, 1.82) is 0 Å². The molecule has 2 heteroatoms. The molecule has 3 aromatic carbocycles. The Morgan fingerprint density at radius 3 is 1.52 bits per heavy atom. The Labute approximate surface area is 140 Å². The van der Waals surface area contributed by atoms with Crippen molar-refractivity contribution in [2.75, 3.05) is 5.09 Å². The summed E-state index contributed by atoms with van der Waals surface area (Å²) in [5, 5.41) is 6.52. The molecule has 0 spiro atoms. The van der Waals surface area contributed by atoms with E-state index in [-0.39, 0.29) is 0 Å². The molecule has 3 rings (SSSR count). The smallest absolute Gasteiger partial charge is 0.0522 e. The number of hydrogen-bond donors (Lipinski definition) is 1. The maximum absolute atomic E-state index is 3.84. The molecule has 0 saturated carbocycles. The quantitative estimate of drug-likeness (QED) is 0.662. The topological polar surface area (TPSA) is 12.0 Å². The summed E-state index contributed by atoms with van der Waals surface area (Å²) >= 11 is 0. The van der Waals surface area contributed by atoms with Crippen LogP contribution in [0, 0.1) is 20.8 Å². The minimum absolute atomic E-state index is 0.619. The van der Waals surface area contributed by atoms with Gasteiger partial charge in [0.1, 0.15) is 0 Å². The van der Waals surface area contributed by atoms with E-state index in [1.54, 1.807) is 0 Å². The number of nitrogens with one attached hydrogen (secondary N) is 1. The fraction of sp³-hybridized carbons (Fsp3) is 0.143. The van der Waals surface area contributed by atoms with Gasteiger partial charge >= 0.3 is 0 Å². The van der Waals surface area contributed by atoms with Gasteiger partial charge in [-0.25, -0.2) is 0 Å². The average Bonchev–Trinajstić information content (AvgIpc) is 2.56. The summed E-state index contributed by atoms with van der Waals surface area (Å²) in [5.41, 5.74) is 5.19. The molecule has 0 aliphatic heterocycles. The first-order chi connectivity index (χ1) is 11.1. The molecule has 116 valence electrons. The molecule has 0 aliphatic carbocycles. The SMILES string of the molecule is Cc1cc(C)c(NP(c2ccccc2)c2ccccc2)c(C)c1. The van der Waals surface area contributed by atoms with Crippen LogP contribution in [0.25, 0.3) is 0 Å². The van der Waals surface area contributed by atoms with E-state index >= 15 is 0 Å². The van der Waals surface area contributed by atoms with E-state index in [0.29, 0.717) is 0 Å². The molecule has 1 nitrogen and oxygen atoms in total. The lowest BCUT2D eigenvalue weighted by Gasteiger charge is -2.23. The van der Waals surface area contributed by atoms with Gasteiger partial charge in [0.15, 0.2) is 0 Å². The normalized spacial score (nSPS) is 10.8. The van der Waals surface area contributed by atoms with E-state index in [1.807, 2.05) is 0 Å². The first-order valence-electron chi connectivity index (χ1n) is 7.90. The van der Waals surface area contributed by atoms with Crippen LogP contribution in [0.4, 0.5) is 5.69 Å². The third kappa shape index (κ3) is 3.63. The van der Waals surface area contributed by atoms with Crippen LogP contribution >= 0.6 is 8.07 Å². The summed E-state index contributed by atoms with van der Waals surface area (Å²) in [4.78, 5) is 0. The standard InChI is InChI=1S/C21H22NP/c1-16-14-17(2)21(18(3)15-16)22-23(19-10-6-4-7-11-19)20-12-8-5-9-13-20/h4-15,22H,1-3H3. The minimum atomic E-state index is -0.619. The van der Waals surface area contributed by atoms with Crippen molar-refractivity contribution in [2.24, 2.45) is 0 Å². The van der Waals surface area contributed by atoms with Crippen molar-refractivity contribution in [1.82, 2.24) is 0 Å². The Kier molecular flexibility index (Phi) is 4.79. The highest BCUT2D eigenvalue weighted by Gasteiger charge is 2.16. The molecule has 0 heterocycles. The van der Waals surface area contributed by atoms with Crippen molar-refractivity contribution >= 4 is 24.4 Å². The first-order valence-corrected chi connectivity index (χ1v) is 9.24. The predicted molar refractivity (Wildman–Crippen MR) is 103 cm³/mol. The predicted octanol–water partition coefficient (Wildman–Crippen LogP) is 5.07. The van der Waals surface area contributed by atoms with Gasteiger partial charge in [0, 0.05) is 16.3 Å². The lowest BCUT2D eigenvalue weighted by atomic mass is 10.1. The molecule has 0 atom stereocenters. The van der Waals surface area contributed by atoms with Crippen LogP contribution in [-0.4, -0.2) is 0 Å². The summed E-state index contributed by atoms with van der Waals surface area (Å²) in [7, 11) is -0.619. The summed E-state index contributed by atoms with van der Waals surface area (Å²) in [6.45, 7) is 6.53. The van der Waals surface area contributed by atoms with Crippen molar-refractivity contribution in [3.8, 4) is 0 Å². The molecule has 0 aromatic heterocycles. The van der Waals surface area contributed by atoms with Crippen LogP contribution in [0.15, 0.2) is 72.8 Å². The lowest BCUT2D eigenvalue weighted by molar-refractivity contribution is 1.32. The number of benzene rings is 3. The van der Waals surface area contributed by atoms with Gasteiger partial charge in [0.05, 0.1) is 8.07 Å². The van der Waals surface area contributed by atoms with Gasteiger partial charge in [-0.15, -0.1) is 0 Å². The highest BCUT2D eigenvalue weighted by atomic mass is 31.1. The van der Waals surface area contributed by atoms with Crippen LogP contribution < -0.4 is 15.7 Å².